The Morgan fingerprint density at radius 3 is 1.76 bits per heavy atom. The Morgan fingerprint density at radius 2 is 1.29 bits per heavy atom. The van der Waals surface area contributed by atoms with Gasteiger partial charge in [-0.2, -0.15) is 0 Å². The van der Waals surface area contributed by atoms with Crippen LogP contribution >= 0.6 is 15.9 Å². The highest BCUT2D eigenvalue weighted by Gasteiger charge is 2.33. The lowest BCUT2D eigenvalue weighted by Gasteiger charge is -2.20. The van der Waals surface area contributed by atoms with Crippen molar-refractivity contribution in [2.45, 2.75) is 33.1 Å². The normalized spacial score (nSPS) is 11.3. The molecule has 0 unspecified atom stereocenters. The third-order valence-corrected chi connectivity index (χ3v) is 7.08. The Labute approximate surface area is 228 Å². The van der Waals surface area contributed by atoms with Crippen LogP contribution in [0.15, 0.2) is 92.9 Å². The van der Waals surface area contributed by atoms with Gasteiger partial charge in [0.25, 0.3) is 11.1 Å². The number of aromatic nitrogens is 4. The number of benzene rings is 3. The van der Waals surface area contributed by atoms with E-state index >= 15 is 0 Å². The monoisotopic (exact) mass is 572 g/mol. The lowest BCUT2D eigenvalue weighted by atomic mass is 9.84. The van der Waals surface area contributed by atoms with E-state index < -0.39 is 5.92 Å². The SMILES string of the molecule is CCCOc1ccc(Br)cc1C(c1c(C)[nH]n(-c2ccccc2)c1=O)c1c(C)[nH]n(-c2ccccc2)c1=O. The van der Waals surface area contributed by atoms with Crippen LogP contribution in [0.1, 0.15) is 47.3 Å². The van der Waals surface area contributed by atoms with Crippen molar-refractivity contribution in [2.75, 3.05) is 6.61 Å². The van der Waals surface area contributed by atoms with Gasteiger partial charge in [-0.15, -0.1) is 0 Å². The molecule has 0 aliphatic rings. The Kier molecular flexibility index (Phi) is 7.24. The highest BCUT2D eigenvalue weighted by Crippen LogP contribution is 2.39. The molecule has 2 N–H and O–H groups in total. The molecule has 5 rings (SSSR count). The molecule has 0 bridgehead atoms. The highest BCUT2D eigenvalue weighted by molar-refractivity contribution is 9.10. The van der Waals surface area contributed by atoms with Crippen LogP contribution in [0.3, 0.4) is 0 Å². The lowest BCUT2D eigenvalue weighted by Crippen LogP contribution is -2.25. The summed E-state index contributed by atoms with van der Waals surface area (Å²) in [6.07, 6.45) is 0.828. The van der Waals surface area contributed by atoms with Crippen molar-refractivity contribution in [3.63, 3.8) is 0 Å². The van der Waals surface area contributed by atoms with Crippen LogP contribution in [-0.2, 0) is 0 Å². The number of hydrogen-bond donors (Lipinski definition) is 2. The van der Waals surface area contributed by atoms with Crippen molar-refractivity contribution in [1.29, 1.82) is 0 Å². The van der Waals surface area contributed by atoms with Gasteiger partial charge in [-0.05, 0) is 62.7 Å². The predicted molar refractivity (Wildman–Crippen MR) is 153 cm³/mol. The average molecular weight is 573 g/mol. The fraction of sp³-hybridized carbons (Fsp3) is 0.200. The highest BCUT2D eigenvalue weighted by atomic mass is 79.9. The Hall–Kier alpha value is -4.04. The Morgan fingerprint density at radius 1 is 0.789 bits per heavy atom. The minimum atomic E-state index is -0.679. The molecular weight excluding hydrogens is 544 g/mol. The van der Waals surface area contributed by atoms with Gasteiger partial charge >= 0.3 is 0 Å². The second kappa shape index (κ2) is 10.8. The molecule has 0 amide bonds. The summed E-state index contributed by atoms with van der Waals surface area (Å²) < 4.78 is 10.0. The summed E-state index contributed by atoms with van der Waals surface area (Å²) in [5, 5.41) is 6.47. The van der Waals surface area contributed by atoms with Gasteiger partial charge in [0.15, 0.2) is 0 Å². The standard InChI is InChI=1S/C30H29BrN4O3/c1-4-17-38-25-16-15-21(31)18-24(25)28(26-19(2)32-34(29(26)36)22-11-7-5-8-12-22)27-20(3)33-35(30(27)37)23-13-9-6-10-14-23/h5-16,18,28,32-33H,4,17H2,1-3H3. The summed E-state index contributed by atoms with van der Waals surface area (Å²) in [6.45, 7) is 6.29. The molecular formula is C30H29BrN4O3. The molecule has 3 aromatic carbocycles. The molecule has 5 aromatic rings. The molecule has 0 saturated heterocycles. The van der Waals surface area contributed by atoms with E-state index in [4.69, 9.17) is 4.74 Å². The zero-order valence-electron chi connectivity index (χ0n) is 21.5. The maximum atomic E-state index is 14.0. The molecule has 7 nitrogen and oxygen atoms in total. The smallest absolute Gasteiger partial charge is 0.275 e. The second-order valence-corrected chi connectivity index (χ2v) is 10.1. The van der Waals surface area contributed by atoms with Crippen molar-refractivity contribution in [3.05, 3.63) is 132 Å². The summed E-state index contributed by atoms with van der Waals surface area (Å²) >= 11 is 3.60. The molecule has 0 atom stereocenters. The number of nitrogens with zero attached hydrogens (tertiary/aromatic N) is 2. The van der Waals surface area contributed by atoms with Crippen LogP contribution in [0.5, 0.6) is 5.75 Å². The summed E-state index contributed by atoms with van der Waals surface area (Å²) in [5.41, 5.74) is 4.09. The van der Waals surface area contributed by atoms with E-state index in [1.54, 1.807) is 0 Å². The van der Waals surface area contributed by atoms with Crippen LogP contribution in [0, 0.1) is 13.8 Å². The summed E-state index contributed by atoms with van der Waals surface area (Å²) in [4.78, 5) is 28.1. The third-order valence-electron chi connectivity index (χ3n) is 6.58. The van der Waals surface area contributed by atoms with Crippen LogP contribution < -0.4 is 15.9 Å². The van der Waals surface area contributed by atoms with Crippen LogP contribution in [0.2, 0.25) is 0 Å². The second-order valence-electron chi connectivity index (χ2n) is 9.22. The van der Waals surface area contributed by atoms with Crippen LogP contribution in [0.4, 0.5) is 0 Å². The average Bonchev–Trinajstić information content (AvgIpc) is 3.39. The molecule has 0 fully saturated rings. The number of rotatable bonds is 8. The quantitative estimate of drug-likeness (QED) is 0.239. The molecule has 0 aliphatic heterocycles. The fourth-order valence-corrected chi connectivity index (χ4v) is 5.24. The maximum Gasteiger partial charge on any atom is 0.275 e. The molecule has 2 heterocycles. The van der Waals surface area contributed by atoms with E-state index in [2.05, 4.69) is 26.1 Å². The van der Waals surface area contributed by atoms with E-state index in [-0.39, 0.29) is 11.1 Å². The number of aryl methyl sites for hydroxylation is 2. The van der Waals surface area contributed by atoms with E-state index in [1.807, 2.05) is 99.6 Å². The van der Waals surface area contributed by atoms with Gasteiger partial charge in [0, 0.05) is 21.4 Å². The summed E-state index contributed by atoms with van der Waals surface area (Å²) in [5.74, 6) is -0.0423. The number of hydrogen-bond acceptors (Lipinski definition) is 3. The summed E-state index contributed by atoms with van der Waals surface area (Å²) in [7, 11) is 0. The van der Waals surface area contributed by atoms with Gasteiger partial charge in [0.1, 0.15) is 5.75 Å². The van der Waals surface area contributed by atoms with E-state index in [9.17, 15) is 9.59 Å². The molecule has 0 radical (unpaired) electrons. The van der Waals surface area contributed by atoms with Gasteiger partial charge in [-0.1, -0.05) is 59.3 Å². The first-order valence-corrected chi connectivity index (χ1v) is 13.4. The molecule has 8 heteroatoms. The van der Waals surface area contributed by atoms with E-state index in [1.165, 1.54) is 9.36 Å². The van der Waals surface area contributed by atoms with Crippen molar-refractivity contribution >= 4 is 15.9 Å². The minimum Gasteiger partial charge on any atom is -0.493 e. The number of aromatic amines is 2. The van der Waals surface area contributed by atoms with Crippen molar-refractivity contribution in [3.8, 4) is 17.1 Å². The topological polar surface area (TPSA) is 84.8 Å². The van der Waals surface area contributed by atoms with Gasteiger partial charge in [0.05, 0.1) is 35.0 Å². The third kappa shape index (κ3) is 4.67. The fourth-order valence-electron chi connectivity index (χ4n) is 4.86. The first-order valence-electron chi connectivity index (χ1n) is 12.6. The van der Waals surface area contributed by atoms with E-state index in [0.29, 0.717) is 34.9 Å². The number of H-pyrrole nitrogens is 2. The number of halogens is 1. The summed E-state index contributed by atoms with van der Waals surface area (Å²) in [6, 6.07) is 24.6. The van der Waals surface area contributed by atoms with Crippen molar-refractivity contribution in [1.82, 2.24) is 19.6 Å². The largest absolute Gasteiger partial charge is 0.493 e. The minimum absolute atomic E-state index is 0.216. The van der Waals surface area contributed by atoms with E-state index in [0.717, 1.165) is 27.8 Å². The molecule has 194 valence electrons. The maximum absolute atomic E-state index is 14.0. The van der Waals surface area contributed by atoms with Crippen LogP contribution in [-0.4, -0.2) is 26.2 Å². The van der Waals surface area contributed by atoms with Crippen molar-refractivity contribution in [2.24, 2.45) is 0 Å². The van der Waals surface area contributed by atoms with Gasteiger partial charge in [-0.25, -0.2) is 9.36 Å². The molecule has 2 aromatic heterocycles. The zero-order valence-corrected chi connectivity index (χ0v) is 23.1. The number of ether oxygens (including phenoxy) is 1. The molecule has 0 aliphatic carbocycles. The van der Waals surface area contributed by atoms with Gasteiger partial charge in [0.2, 0.25) is 0 Å². The zero-order chi connectivity index (χ0) is 26.8. The predicted octanol–water partition coefficient (Wildman–Crippen LogP) is 5.99. The van der Waals surface area contributed by atoms with Crippen molar-refractivity contribution < 1.29 is 4.74 Å². The molecule has 38 heavy (non-hydrogen) atoms. The first-order chi connectivity index (χ1) is 18.4. The Balaban J connectivity index is 1.81. The first kappa shape index (κ1) is 25.6. The molecule has 0 saturated carbocycles. The Bertz CT molecular complexity index is 1580. The number of para-hydroxylation sites is 2. The van der Waals surface area contributed by atoms with Crippen LogP contribution in [0.25, 0.3) is 11.4 Å². The molecule has 0 spiro atoms. The van der Waals surface area contributed by atoms with Gasteiger partial charge in [-0.3, -0.25) is 19.8 Å². The van der Waals surface area contributed by atoms with Gasteiger partial charge < -0.3 is 4.74 Å². The lowest BCUT2D eigenvalue weighted by molar-refractivity contribution is 0.313. The number of nitrogens with one attached hydrogen (secondary N) is 2.